The summed E-state index contributed by atoms with van der Waals surface area (Å²) in [5.41, 5.74) is 3.65. The Bertz CT molecular complexity index is 671. The minimum Gasteiger partial charge on any atom is -0.398 e. The zero-order chi connectivity index (χ0) is 15.6. The van der Waals surface area contributed by atoms with Crippen LogP contribution in [0.25, 0.3) is 0 Å². The van der Waals surface area contributed by atoms with E-state index in [1.54, 1.807) is 6.07 Å². The first kappa shape index (κ1) is 15.3. The molecular formula is C13H9BrF3N3O. The van der Waals surface area contributed by atoms with Crippen molar-refractivity contribution in [2.75, 3.05) is 11.1 Å². The average molecular weight is 360 g/mol. The molecule has 0 atom stereocenters. The number of carbonyl (C=O) groups is 1. The number of hydrogen-bond acceptors (Lipinski definition) is 3. The van der Waals surface area contributed by atoms with Gasteiger partial charge in [-0.15, -0.1) is 0 Å². The van der Waals surface area contributed by atoms with Gasteiger partial charge in [0.25, 0.3) is 5.91 Å². The van der Waals surface area contributed by atoms with Gasteiger partial charge in [0.2, 0.25) is 0 Å². The number of rotatable bonds is 2. The lowest BCUT2D eigenvalue weighted by Gasteiger charge is -2.11. The first-order valence-corrected chi connectivity index (χ1v) is 6.46. The van der Waals surface area contributed by atoms with Crippen molar-refractivity contribution in [3.8, 4) is 0 Å². The van der Waals surface area contributed by atoms with E-state index < -0.39 is 23.3 Å². The maximum atomic E-state index is 12.7. The Hall–Kier alpha value is -2.09. The van der Waals surface area contributed by atoms with E-state index in [4.69, 9.17) is 5.73 Å². The van der Waals surface area contributed by atoms with E-state index >= 15 is 0 Å². The molecule has 0 unspecified atom stereocenters. The maximum absolute atomic E-state index is 12.7. The first-order chi connectivity index (χ1) is 9.77. The van der Waals surface area contributed by atoms with Crippen LogP contribution in [0.2, 0.25) is 0 Å². The monoisotopic (exact) mass is 359 g/mol. The van der Waals surface area contributed by atoms with Crippen molar-refractivity contribution in [2.45, 2.75) is 6.18 Å². The molecule has 3 N–H and O–H groups in total. The van der Waals surface area contributed by atoms with Gasteiger partial charge in [0.05, 0.1) is 5.56 Å². The van der Waals surface area contributed by atoms with Crippen LogP contribution in [0, 0.1) is 0 Å². The van der Waals surface area contributed by atoms with E-state index in [2.05, 4.69) is 26.2 Å². The van der Waals surface area contributed by atoms with Crippen LogP contribution in [-0.2, 0) is 6.18 Å². The standard InChI is InChI=1S/C13H9BrF3N3O/c14-8-2-4-11(19-6-8)20-12(21)7-1-3-10(18)9(5-7)13(15,16)17/h1-6H,18H2,(H,19,20,21). The minimum absolute atomic E-state index is 0.152. The van der Waals surface area contributed by atoms with E-state index in [1.165, 1.54) is 18.3 Å². The predicted molar refractivity (Wildman–Crippen MR) is 75.7 cm³/mol. The topological polar surface area (TPSA) is 68.0 Å². The third-order valence-electron chi connectivity index (χ3n) is 2.59. The Morgan fingerprint density at radius 3 is 2.52 bits per heavy atom. The lowest BCUT2D eigenvalue weighted by molar-refractivity contribution is -0.136. The Kier molecular flexibility index (Phi) is 4.17. The Balaban J connectivity index is 2.25. The molecular weight excluding hydrogens is 351 g/mol. The van der Waals surface area contributed by atoms with E-state index in [-0.39, 0.29) is 11.4 Å². The first-order valence-electron chi connectivity index (χ1n) is 5.67. The number of hydrogen-bond donors (Lipinski definition) is 2. The van der Waals surface area contributed by atoms with Crippen LogP contribution in [0.4, 0.5) is 24.7 Å². The fourth-order valence-corrected chi connectivity index (χ4v) is 1.82. The number of benzene rings is 1. The number of anilines is 2. The highest BCUT2D eigenvalue weighted by atomic mass is 79.9. The fourth-order valence-electron chi connectivity index (χ4n) is 1.58. The van der Waals surface area contributed by atoms with Gasteiger partial charge in [-0.25, -0.2) is 4.98 Å². The van der Waals surface area contributed by atoms with Crippen molar-refractivity contribution in [3.63, 3.8) is 0 Å². The van der Waals surface area contributed by atoms with Crippen molar-refractivity contribution in [1.29, 1.82) is 0 Å². The van der Waals surface area contributed by atoms with Crippen LogP contribution in [-0.4, -0.2) is 10.9 Å². The second kappa shape index (κ2) is 5.72. The molecule has 8 heteroatoms. The van der Waals surface area contributed by atoms with Gasteiger partial charge in [0.1, 0.15) is 5.82 Å². The summed E-state index contributed by atoms with van der Waals surface area (Å²) >= 11 is 3.18. The van der Waals surface area contributed by atoms with Crippen molar-refractivity contribution >= 4 is 33.3 Å². The molecule has 0 fully saturated rings. The number of carbonyl (C=O) groups excluding carboxylic acids is 1. The van der Waals surface area contributed by atoms with Crippen LogP contribution in [0.3, 0.4) is 0 Å². The zero-order valence-electron chi connectivity index (χ0n) is 10.4. The van der Waals surface area contributed by atoms with Gasteiger partial charge in [-0.1, -0.05) is 0 Å². The third kappa shape index (κ3) is 3.72. The Morgan fingerprint density at radius 2 is 1.95 bits per heavy atom. The molecule has 1 heterocycles. The molecule has 1 aromatic carbocycles. The summed E-state index contributed by atoms with van der Waals surface area (Å²) in [6.07, 6.45) is -3.16. The number of pyridine rings is 1. The minimum atomic E-state index is -4.61. The lowest BCUT2D eigenvalue weighted by atomic mass is 10.1. The second-order valence-electron chi connectivity index (χ2n) is 4.12. The van der Waals surface area contributed by atoms with Gasteiger partial charge in [-0.05, 0) is 46.3 Å². The third-order valence-corrected chi connectivity index (χ3v) is 3.06. The quantitative estimate of drug-likeness (QED) is 0.803. The highest BCUT2D eigenvalue weighted by molar-refractivity contribution is 9.10. The Labute approximate surface area is 126 Å². The second-order valence-corrected chi connectivity index (χ2v) is 5.03. The lowest BCUT2D eigenvalue weighted by Crippen LogP contribution is -2.16. The van der Waals surface area contributed by atoms with Gasteiger partial charge in [0.15, 0.2) is 0 Å². The number of amides is 1. The molecule has 2 rings (SSSR count). The van der Waals surface area contributed by atoms with E-state index in [0.717, 1.165) is 6.07 Å². The maximum Gasteiger partial charge on any atom is 0.418 e. The molecule has 0 saturated heterocycles. The van der Waals surface area contributed by atoms with E-state index in [1.807, 2.05) is 0 Å². The number of nitrogen functional groups attached to an aromatic ring is 1. The average Bonchev–Trinajstić information content (AvgIpc) is 2.40. The molecule has 0 radical (unpaired) electrons. The van der Waals surface area contributed by atoms with Gasteiger partial charge in [-0.3, -0.25) is 4.79 Å². The molecule has 0 spiro atoms. The summed E-state index contributed by atoms with van der Waals surface area (Å²) < 4.78 is 38.9. The Morgan fingerprint density at radius 1 is 1.24 bits per heavy atom. The normalized spacial score (nSPS) is 11.2. The summed E-state index contributed by atoms with van der Waals surface area (Å²) in [6.45, 7) is 0. The fraction of sp³-hybridized carbons (Fsp3) is 0.0769. The largest absolute Gasteiger partial charge is 0.418 e. The number of nitrogens with zero attached hydrogens (tertiary/aromatic N) is 1. The van der Waals surface area contributed by atoms with Crippen LogP contribution in [0.15, 0.2) is 41.0 Å². The van der Waals surface area contributed by atoms with Crippen LogP contribution >= 0.6 is 15.9 Å². The molecule has 0 saturated carbocycles. The number of alkyl halides is 3. The van der Waals surface area contributed by atoms with Gasteiger partial charge in [-0.2, -0.15) is 13.2 Å². The van der Waals surface area contributed by atoms with Crippen molar-refractivity contribution in [3.05, 3.63) is 52.1 Å². The molecule has 1 aromatic heterocycles. The smallest absolute Gasteiger partial charge is 0.398 e. The van der Waals surface area contributed by atoms with E-state index in [0.29, 0.717) is 10.5 Å². The molecule has 0 aliphatic heterocycles. The number of aromatic nitrogens is 1. The highest BCUT2D eigenvalue weighted by Crippen LogP contribution is 2.34. The summed E-state index contributed by atoms with van der Waals surface area (Å²) in [4.78, 5) is 15.8. The van der Waals surface area contributed by atoms with Crippen LogP contribution in [0.5, 0.6) is 0 Å². The molecule has 4 nitrogen and oxygen atoms in total. The summed E-state index contributed by atoms with van der Waals surface area (Å²) in [5, 5.41) is 2.40. The van der Waals surface area contributed by atoms with Crippen LogP contribution in [0.1, 0.15) is 15.9 Å². The summed E-state index contributed by atoms with van der Waals surface area (Å²) in [6, 6.07) is 6.14. The number of nitrogens with two attached hydrogens (primary N) is 1. The van der Waals surface area contributed by atoms with Crippen molar-refractivity contribution in [1.82, 2.24) is 4.98 Å². The van der Waals surface area contributed by atoms with Gasteiger partial charge in [0, 0.05) is 21.9 Å². The van der Waals surface area contributed by atoms with E-state index in [9.17, 15) is 18.0 Å². The molecule has 21 heavy (non-hydrogen) atoms. The number of nitrogens with one attached hydrogen (secondary N) is 1. The predicted octanol–water partition coefficient (Wildman–Crippen LogP) is 3.70. The van der Waals surface area contributed by atoms with Crippen molar-refractivity contribution < 1.29 is 18.0 Å². The molecule has 110 valence electrons. The summed E-state index contributed by atoms with van der Waals surface area (Å²) in [7, 11) is 0. The number of halogens is 4. The molecule has 0 aliphatic carbocycles. The molecule has 0 bridgehead atoms. The van der Waals surface area contributed by atoms with Crippen LogP contribution < -0.4 is 11.1 Å². The summed E-state index contributed by atoms with van der Waals surface area (Å²) in [5.74, 6) is -0.469. The highest BCUT2D eigenvalue weighted by Gasteiger charge is 2.33. The molecule has 0 aliphatic rings. The SMILES string of the molecule is Nc1ccc(C(=O)Nc2ccc(Br)cn2)cc1C(F)(F)F. The van der Waals surface area contributed by atoms with Crippen molar-refractivity contribution in [2.24, 2.45) is 0 Å². The molecule has 2 aromatic rings. The van der Waals surface area contributed by atoms with Gasteiger partial charge >= 0.3 is 6.18 Å². The van der Waals surface area contributed by atoms with Gasteiger partial charge < -0.3 is 11.1 Å². The zero-order valence-corrected chi connectivity index (χ0v) is 12.0. The molecule has 1 amide bonds.